The fourth-order valence-corrected chi connectivity index (χ4v) is 1.25. The SMILES string of the molecule is CNC(CCC(C)C)COCC(F)(F)C(F)F. The largest absolute Gasteiger partial charge is 0.373 e. The predicted octanol–water partition coefficient (Wildman–Crippen LogP) is 2.93. The maximum atomic E-state index is 12.5. The number of halogens is 4. The Labute approximate surface area is 99.7 Å². The van der Waals surface area contributed by atoms with Gasteiger partial charge < -0.3 is 10.1 Å². The third kappa shape index (κ3) is 7.54. The standard InChI is InChI=1S/C11H21F4NO/c1-8(2)4-5-9(16-3)6-17-7-11(14,15)10(12)13/h8-10,16H,4-7H2,1-3H3. The van der Waals surface area contributed by atoms with Crippen molar-refractivity contribution in [3.05, 3.63) is 0 Å². The van der Waals surface area contributed by atoms with Gasteiger partial charge in [-0.15, -0.1) is 0 Å². The summed E-state index contributed by atoms with van der Waals surface area (Å²) in [7, 11) is 1.69. The second kappa shape index (κ2) is 7.87. The van der Waals surface area contributed by atoms with Crippen molar-refractivity contribution in [3.63, 3.8) is 0 Å². The van der Waals surface area contributed by atoms with Crippen LogP contribution in [0.2, 0.25) is 0 Å². The van der Waals surface area contributed by atoms with E-state index in [9.17, 15) is 17.6 Å². The lowest BCUT2D eigenvalue weighted by Crippen LogP contribution is -2.36. The van der Waals surface area contributed by atoms with Crippen molar-refractivity contribution >= 4 is 0 Å². The molecule has 17 heavy (non-hydrogen) atoms. The van der Waals surface area contributed by atoms with E-state index >= 15 is 0 Å². The normalized spacial score (nSPS) is 14.6. The summed E-state index contributed by atoms with van der Waals surface area (Å²) in [5.41, 5.74) is 0. The summed E-state index contributed by atoms with van der Waals surface area (Å²) in [5, 5.41) is 2.92. The molecule has 0 bridgehead atoms. The summed E-state index contributed by atoms with van der Waals surface area (Å²) in [6.07, 6.45) is -1.97. The molecule has 1 N–H and O–H groups in total. The molecule has 0 spiro atoms. The Hall–Kier alpha value is -0.360. The van der Waals surface area contributed by atoms with E-state index in [1.165, 1.54) is 0 Å². The third-order valence-corrected chi connectivity index (χ3v) is 2.43. The Balaban J connectivity index is 3.84. The van der Waals surface area contributed by atoms with Gasteiger partial charge in [0.05, 0.1) is 6.61 Å². The van der Waals surface area contributed by atoms with Crippen molar-refractivity contribution in [3.8, 4) is 0 Å². The van der Waals surface area contributed by atoms with Gasteiger partial charge in [-0.05, 0) is 25.8 Å². The van der Waals surface area contributed by atoms with Crippen LogP contribution in [0.4, 0.5) is 17.6 Å². The van der Waals surface area contributed by atoms with Crippen molar-refractivity contribution in [2.24, 2.45) is 5.92 Å². The van der Waals surface area contributed by atoms with Crippen molar-refractivity contribution in [1.29, 1.82) is 0 Å². The van der Waals surface area contributed by atoms with Crippen molar-refractivity contribution in [2.45, 2.75) is 45.1 Å². The van der Waals surface area contributed by atoms with Crippen LogP contribution < -0.4 is 5.32 Å². The highest BCUT2D eigenvalue weighted by Gasteiger charge is 2.41. The number of likely N-dealkylation sites (N-methyl/N-ethyl adjacent to an activating group) is 1. The highest BCUT2D eigenvalue weighted by atomic mass is 19.3. The molecule has 1 unspecified atom stereocenters. The van der Waals surface area contributed by atoms with Gasteiger partial charge in [-0.2, -0.15) is 8.78 Å². The summed E-state index contributed by atoms with van der Waals surface area (Å²) in [6.45, 7) is 2.90. The minimum Gasteiger partial charge on any atom is -0.373 e. The Bertz CT molecular complexity index is 200. The molecule has 0 amide bonds. The smallest absolute Gasteiger partial charge is 0.330 e. The molecule has 0 aromatic carbocycles. The van der Waals surface area contributed by atoms with Gasteiger partial charge in [-0.1, -0.05) is 13.8 Å². The van der Waals surface area contributed by atoms with E-state index in [-0.39, 0.29) is 12.6 Å². The van der Waals surface area contributed by atoms with Crippen LogP contribution >= 0.6 is 0 Å². The average Bonchev–Trinajstić information content (AvgIpc) is 2.22. The lowest BCUT2D eigenvalue weighted by atomic mass is 10.0. The minimum absolute atomic E-state index is 0.0194. The molecule has 0 heterocycles. The molecular weight excluding hydrogens is 238 g/mol. The van der Waals surface area contributed by atoms with Crippen LogP contribution in [-0.4, -0.2) is 38.7 Å². The van der Waals surface area contributed by atoms with Crippen molar-refractivity contribution in [1.82, 2.24) is 5.32 Å². The average molecular weight is 259 g/mol. The van der Waals surface area contributed by atoms with Gasteiger partial charge in [0.15, 0.2) is 0 Å². The second-order valence-electron chi connectivity index (χ2n) is 4.53. The summed E-state index contributed by atoms with van der Waals surface area (Å²) in [5.74, 6) is -3.55. The van der Waals surface area contributed by atoms with Crippen LogP contribution in [0.3, 0.4) is 0 Å². The first-order valence-electron chi connectivity index (χ1n) is 5.70. The van der Waals surface area contributed by atoms with Crippen LogP contribution in [0, 0.1) is 5.92 Å². The molecule has 0 aromatic heterocycles. The van der Waals surface area contributed by atoms with E-state index in [0.717, 1.165) is 12.8 Å². The molecular formula is C11H21F4NO. The van der Waals surface area contributed by atoms with Crippen LogP contribution in [0.5, 0.6) is 0 Å². The molecule has 104 valence electrons. The maximum absolute atomic E-state index is 12.5. The number of rotatable bonds is 9. The zero-order valence-corrected chi connectivity index (χ0v) is 10.5. The Morgan fingerprint density at radius 1 is 1.18 bits per heavy atom. The molecule has 0 rings (SSSR count). The predicted molar refractivity (Wildman–Crippen MR) is 58.7 cm³/mol. The summed E-state index contributed by atoms with van der Waals surface area (Å²) in [4.78, 5) is 0. The van der Waals surface area contributed by atoms with Gasteiger partial charge in [-0.25, -0.2) is 8.78 Å². The topological polar surface area (TPSA) is 21.3 Å². The van der Waals surface area contributed by atoms with E-state index in [2.05, 4.69) is 23.9 Å². The Kier molecular flexibility index (Phi) is 7.70. The maximum Gasteiger partial charge on any atom is 0.330 e. The number of alkyl halides is 4. The molecule has 0 saturated carbocycles. The highest BCUT2D eigenvalue weighted by molar-refractivity contribution is 4.70. The molecule has 1 atom stereocenters. The first kappa shape index (κ1) is 16.6. The summed E-state index contributed by atoms with van der Waals surface area (Å²) >= 11 is 0. The van der Waals surface area contributed by atoms with E-state index in [1.807, 2.05) is 0 Å². The van der Waals surface area contributed by atoms with E-state index in [0.29, 0.717) is 5.92 Å². The van der Waals surface area contributed by atoms with Gasteiger partial charge in [-0.3, -0.25) is 0 Å². The molecule has 6 heteroatoms. The molecule has 0 aliphatic rings. The van der Waals surface area contributed by atoms with Gasteiger partial charge in [0.1, 0.15) is 6.61 Å². The number of nitrogens with one attached hydrogen (secondary N) is 1. The first-order valence-corrected chi connectivity index (χ1v) is 5.70. The van der Waals surface area contributed by atoms with Crippen LogP contribution in [0.1, 0.15) is 26.7 Å². The van der Waals surface area contributed by atoms with Crippen molar-refractivity contribution in [2.75, 3.05) is 20.3 Å². The first-order chi connectivity index (χ1) is 7.79. The molecule has 0 aromatic rings. The summed E-state index contributed by atoms with van der Waals surface area (Å²) < 4.78 is 53.3. The van der Waals surface area contributed by atoms with Gasteiger partial charge in [0.25, 0.3) is 0 Å². The van der Waals surface area contributed by atoms with Gasteiger partial charge in [0.2, 0.25) is 0 Å². The molecule has 0 aliphatic heterocycles. The zero-order valence-electron chi connectivity index (χ0n) is 10.5. The van der Waals surface area contributed by atoms with Crippen LogP contribution in [0.15, 0.2) is 0 Å². The number of ether oxygens (including phenoxy) is 1. The van der Waals surface area contributed by atoms with Gasteiger partial charge >= 0.3 is 12.3 Å². The third-order valence-electron chi connectivity index (χ3n) is 2.43. The Morgan fingerprint density at radius 2 is 1.76 bits per heavy atom. The number of hydrogen-bond acceptors (Lipinski definition) is 2. The monoisotopic (exact) mass is 259 g/mol. The fourth-order valence-electron chi connectivity index (χ4n) is 1.25. The molecule has 0 radical (unpaired) electrons. The second-order valence-corrected chi connectivity index (χ2v) is 4.53. The van der Waals surface area contributed by atoms with E-state index in [4.69, 9.17) is 0 Å². The molecule has 0 aliphatic carbocycles. The fraction of sp³-hybridized carbons (Fsp3) is 1.00. The van der Waals surface area contributed by atoms with E-state index in [1.54, 1.807) is 7.05 Å². The van der Waals surface area contributed by atoms with Crippen LogP contribution in [0.25, 0.3) is 0 Å². The molecule has 2 nitrogen and oxygen atoms in total. The highest BCUT2D eigenvalue weighted by Crippen LogP contribution is 2.23. The quantitative estimate of drug-likeness (QED) is 0.643. The lowest BCUT2D eigenvalue weighted by Gasteiger charge is -2.20. The number of hydrogen-bond donors (Lipinski definition) is 1. The van der Waals surface area contributed by atoms with Gasteiger partial charge in [0, 0.05) is 6.04 Å². The zero-order chi connectivity index (χ0) is 13.5. The van der Waals surface area contributed by atoms with Crippen LogP contribution in [-0.2, 0) is 4.74 Å². The van der Waals surface area contributed by atoms with Crippen molar-refractivity contribution < 1.29 is 22.3 Å². The Morgan fingerprint density at radius 3 is 2.18 bits per heavy atom. The van der Waals surface area contributed by atoms with E-state index < -0.39 is 19.0 Å². The molecule has 0 fully saturated rings. The minimum atomic E-state index is -4.06. The molecule has 0 saturated heterocycles. The summed E-state index contributed by atoms with van der Waals surface area (Å²) in [6, 6.07) is -0.0779. The lowest BCUT2D eigenvalue weighted by molar-refractivity contribution is -0.167.